The SMILES string of the molecule is CCCCOc1ccc(C(=O)N(CC(=O)N(CCc2c[nH]c3ccccc23)Cc2ccc(C)cc2)Cc2ccc(F)cc2)cc1. The number of halogens is 1. The standard InChI is InChI=1S/C38H40FN3O3/c1-3-4-23-45-34-19-15-31(16-20-34)38(44)42(26-30-13-17-33(39)18-14-30)27-37(43)41(25-29-11-9-28(2)10-12-29)22-21-32-24-40-36-8-6-5-7-35(32)36/h5-20,24,40H,3-4,21-23,25-27H2,1-2H3. The van der Waals surface area contributed by atoms with Crippen LogP contribution in [0.4, 0.5) is 4.39 Å². The van der Waals surface area contributed by atoms with Gasteiger partial charge in [-0.05, 0) is 78.9 Å². The fraction of sp³-hybridized carbons (Fsp3) is 0.263. The third-order valence-electron chi connectivity index (χ3n) is 7.94. The maximum atomic E-state index is 14.1. The Morgan fingerprint density at radius 1 is 0.822 bits per heavy atom. The molecule has 0 aliphatic heterocycles. The van der Waals surface area contributed by atoms with Gasteiger partial charge in [0.1, 0.15) is 18.1 Å². The van der Waals surface area contributed by atoms with Gasteiger partial charge in [0, 0.05) is 42.3 Å². The third kappa shape index (κ3) is 8.60. The Morgan fingerprint density at radius 3 is 2.20 bits per heavy atom. The zero-order chi connectivity index (χ0) is 31.6. The van der Waals surface area contributed by atoms with Crippen molar-refractivity contribution in [3.8, 4) is 5.75 Å². The average molecular weight is 606 g/mol. The van der Waals surface area contributed by atoms with Crippen molar-refractivity contribution in [3.05, 3.63) is 137 Å². The minimum atomic E-state index is -0.354. The van der Waals surface area contributed by atoms with E-state index in [4.69, 9.17) is 4.74 Å². The van der Waals surface area contributed by atoms with Crippen LogP contribution in [0.1, 0.15) is 52.4 Å². The minimum Gasteiger partial charge on any atom is -0.494 e. The molecule has 0 bridgehead atoms. The summed E-state index contributed by atoms with van der Waals surface area (Å²) in [6, 6.07) is 29.3. The molecule has 0 radical (unpaired) electrons. The second-order valence-corrected chi connectivity index (χ2v) is 11.4. The molecule has 5 rings (SSSR count). The van der Waals surface area contributed by atoms with E-state index in [0.29, 0.717) is 37.4 Å². The number of carbonyl (C=O) groups excluding carboxylic acids is 2. The van der Waals surface area contributed by atoms with Gasteiger partial charge < -0.3 is 19.5 Å². The zero-order valence-corrected chi connectivity index (χ0v) is 26.0. The molecule has 0 aliphatic carbocycles. The van der Waals surface area contributed by atoms with Crippen molar-refractivity contribution in [1.82, 2.24) is 14.8 Å². The van der Waals surface area contributed by atoms with Gasteiger partial charge in [0.25, 0.3) is 5.91 Å². The van der Waals surface area contributed by atoms with Crippen LogP contribution in [-0.4, -0.2) is 46.3 Å². The summed E-state index contributed by atoms with van der Waals surface area (Å²) in [6.45, 7) is 5.70. The molecule has 45 heavy (non-hydrogen) atoms. The number of hydrogen-bond donors (Lipinski definition) is 1. The molecule has 7 heteroatoms. The Kier molecular flexibility index (Phi) is 10.6. The first kappa shape index (κ1) is 31.5. The Hall–Kier alpha value is -4.91. The summed E-state index contributed by atoms with van der Waals surface area (Å²) < 4.78 is 19.5. The molecular formula is C38H40FN3O3. The van der Waals surface area contributed by atoms with Crippen molar-refractivity contribution < 1.29 is 18.7 Å². The molecule has 5 aromatic rings. The summed E-state index contributed by atoms with van der Waals surface area (Å²) in [6.07, 6.45) is 4.64. The largest absolute Gasteiger partial charge is 0.494 e. The molecule has 0 spiro atoms. The lowest BCUT2D eigenvalue weighted by molar-refractivity contribution is -0.132. The van der Waals surface area contributed by atoms with Crippen LogP contribution in [-0.2, 0) is 24.3 Å². The summed E-state index contributed by atoms with van der Waals surface area (Å²) in [5.74, 6) is -0.0965. The lowest BCUT2D eigenvalue weighted by atomic mass is 10.1. The first-order chi connectivity index (χ1) is 21.9. The van der Waals surface area contributed by atoms with Crippen molar-refractivity contribution in [2.75, 3.05) is 19.7 Å². The summed E-state index contributed by atoms with van der Waals surface area (Å²) in [4.78, 5) is 34.6. The van der Waals surface area contributed by atoms with Crippen LogP contribution in [0, 0.1) is 12.7 Å². The molecule has 0 unspecified atom stereocenters. The number of fused-ring (bicyclic) bond motifs is 1. The van der Waals surface area contributed by atoms with E-state index in [1.165, 1.54) is 17.0 Å². The smallest absolute Gasteiger partial charge is 0.254 e. The van der Waals surface area contributed by atoms with Crippen LogP contribution in [0.15, 0.2) is 103 Å². The van der Waals surface area contributed by atoms with Crippen LogP contribution in [0.25, 0.3) is 10.9 Å². The number of ether oxygens (including phenoxy) is 1. The van der Waals surface area contributed by atoms with Gasteiger partial charge in [-0.2, -0.15) is 0 Å². The first-order valence-corrected chi connectivity index (χ1v) is 15.5. The topological polar surface area (TPSA) is 65.6 Å². The number of unbranched alkanes of at least 4 members (excludes halogenated alkanes) is 1. The Balaban J connectivity index is 1.37. The summed E-state index contributed by atoms with van der Waals surface area (Å²) >= 11 is 0. The molecule has 0 saturated carbocycles. The predicted molar refractivity (Wildman–Crippen MR) is 177 cm³/mol. The average Bonchev–Trinajstić information content (AvgIpc) is 3.47. The fourth-order valence-electron chi connectivity index (χ4n) is 5.28. The number of H-pyrrole nitrogens is 1. The molecule has 6 nitrogen and oxygen atoms in total. The summed E-state index contributed by atoms with van der Waals surface area (Å²) in [7, 11) is 0. The summed E-state index contributed by atoms with van der Waals surface area (Å²) in [5, 5.41) is 1.13. The highest BCUT2D eigenvalue weighted by atomic mass is 19.1. The van der Waals surface area contributed by atoms with Gasteiger partial charge in [0.15, 0.2) is 0 Å². The van der Waals surface area contributed by atoms with Gasteiger partial charge in [-0.1, -0.05) is 73.5 Å². The van der Waals surface area contributed by atoms with E-state index in [9.17, 15) is 14.0 Å². The predicted octanol–water partition coefficient (Wildman–Crippen LogP) is 7.71. The maximum absolute atomic E-state index is 14.1. The number of hydrogen-bond acceptors (Lipinski definition) is 3. The molecule has 232 valence electrons. The lowest BCUT2D eigenvalue weighted by Gasteiger charge is -2.28. The lowest BCUT2D eigenvalue weighted by Crippen LogP contribution is -2.43. The van der Waals surface area contributed by atoms with Gasteiger partial charge in [-0.15, -0.1) is 0 Å². The van der Waals surface area contributed by atoms with E-state index in [1.807, 2.05) is 60.5 Å². The quantitative estimate of drug-likeness (QED) is 0.132. The number of nitrogens with zero attached hydrogens (tertiary/aromatic N) is 2. The summed E-state index contributed by atoms with van der Waals surface area (Å²) in [5.41, 5.74) is 5.54. The normalized spacial score (nSPS) is 11.0. The van der Waals surface area contributed by atoms with Gasteiger partial charge in [-0.3, -0.25) is 9.59 Å². The highest BCUT2D eigenvalue weighted by Gasteiger charge is 2.23. The van der Waals surface area contributed by atoms with Crippen LogP contribution in [0.2, 0.25) is 0 Å². The van der Waals surface area contributed by atoms with E-state index in [2.05, 4.69) is 18.0 Å². The number of benzene rings is 4. The van der Waals surface area contributed by atoms with Crippen LogP contribution >= 0.6 is 0 Å². The van der Waals surface area contributed by atoms with Crippen molar-refractivity contribution in [1.29, 1.82) is 0 Å². The van der Waals surface area contributed by atoms with Crippen LogP contribution in [0.5, 0.6) is 5.75 Å². The van der Waals surface area contributed by atoms with Crippen molar-refractivity contribution in [3.63, 3.8) is 0 Å². The molecule has 0 atom stereocenters. The molecule has 1 heterocycles. The number of aromatic amines is 1. The Morgan fingerprint density at radius 2 is 1.49 bits per heavy atom. The monoisotopic (exact) mass is 605 g/mol. The van der Waals surface area contributed by atoms with E-state index in [0.717, 1.165) is 46.0 Å². The zero-order valence-electron chi connectivity index (χ0n) is 26.0. The number of aromatic nitrogens is 1. The second kappa shape index (κ2) is 15.2. The van der Waals surface area contributed by atoms with Gasteiger partial charge in [0.05, 0.1) is 6.61 Å². The number of para-hydroxylation sites is 1. The fourth-order valence-corrected chi connectivity index (χ4v) is 5.28. The molecule has 2 amide bonds. The van der Waals surface area contributed by atoms with E-state index in [-0.39, 0.29) is 30.7 Å². The number of nitrogens with one attached hydrogen (secondary N) is 1. The molecule has 4 aromatic carbocycles. The second-order valence-electron chi connectivity index (χ2n) is 11.4. The highest BCUT2D eigenvalue weighted by molar-refractivity contribution is 5.96. The highest BCUT2D eigenvalue weighted by Crippen LogP contribution is 2.20. The van der Waals surface area contributed by atoms with Gasteiger partial charge in [-0.25, -0.2) is 4.39 Å². The Labute approximate surface area is 264 Å². The van der Waals surface area contributed by atoms with E-state index in [1.54, 1.807) is 36.4 Å². The maximum Gasteiger partial charge on any atom is 0.254 e. The molecule has 1 N–H and O–H groups in total. The van der Waals surface area contributed by atoms with Gasteiger partial charge >= 0.3 is 0 Å². The molecule has 0 aliphatic rings. The van der Waals surface area contributed by atoms with Crippen molar-refractivity contribution in [2.45, 2.75) is 46.2 Å². The van der Waals surface area contributed by atoms with E-state index < -0.39 is 0 Å². The first-order valence-electron chi connectivity index (χ1n) is 15.5. The van der Waals surface area contributed by atoms with Crippen LogP contribution < -0.4 is 4.74 Å². The molecule has 0 fully saturated rings. The molecular weight excluding hydrogens is 565 g/mol. The number of rotatable bonds is 14. The van der Waals surface area contributed by atoms with Gasteiger partial charge in [0.2, 0.25) is 5.91 Å². The van der Waals surface area contributed by atoms with Crippen molar-refractivity contribution in [2.24, 2.45) is 0 Å². The third-order valence-corrected chi connectivity index (χ3v) is 7.94. The van der Waals surface area contributed by atoms with E-state index >= 15 is 0 Å². The minimum absolute atomic E-state index is 0.120. The number of aryl methyl sites for hydroxylation is 1. The number of amides is 2. The Bertz CT molecular complexity index is 1700. The number of carbonyl (C=O) groups is 2. The van der Waals surface area contributed by atoms with Crippen LogP contribution in [0.3, 0.4) is 0 Å². The molecule has 1 aromatic heterocycles. The molecule has 0 saturated heterocycles. The van der Waals surface area contributed by atoms with Crippen molar-refractivity contribution >= 4 is 22.7 Å².